The van der Waals surface area contributed by atoms with E-state index in [1.54, 1.807) is 23.1 Å². The second-order valence-corrected chi connectivity index (χ2v) is 6.64. The number of rotatable bonds is 4. The molecule has 1 amide bonds. The van der Waals surface area contributed by atoms with Crippen molar-refractivity contribution < 1.29 is 19.4 Å². The zero-order valence-corrected chi connectivity index (χ0v) is 15.4. The number of aromatic amines is 1. The van der Waals surface area contributed by atoms with E-state index in [4.69, 9.17) is 9.47 Å². The van der Waals surface area contributed by atoms with E-state index in [0.717, 1.165) is 16.6 Å². The summed E-state index contributed by atoms with van der Waals surface area (Å²) in [7, 11) is 3.06. The number of amides is 1. The van der Waals surface area contributed by atoms with Crippen LogP contribution in [-0.2, 0) is 13.0 Å². The van der Waals surface area contributed by atoms with Gasteiger partial charge in [0.2, 0.25) is 0 Å². The van der Waals surface area contributed by atoms with Crippen molar-refractivity contribution in [1.29, 1.82) is 0 Å². The number of benzene rings is 2. The van der Waals surface area contributed by atoms with Crippen molar-refractivity contribution in [1.82, 2.24) is 9.88 Å². The Morgan fingerprint density at radius 2 is 1.85 bits per heavy atom. The third kappa shape index (κ3) is 2.82. The van der Waals surface area contributed by atoms with Gasteiger partial charge in [-0.1, -0.05) is 24.3 Å². The Morgan fingerprint density at radius 3 is 2.52 bits per heavy atom. The summed E-state index contributed by atoms with van der Waals surface area (Å²) in [6, 6.07) is 13.0. The number of nitrogens with zero attached hydrogens (tertiary/aromatic N) is 1. The minimum atomic E-state index is -0.307. The van der Waals surface area contributed by atoms with E-state index in [-0.39, 0.29) is 18.6 Å². The molecule has 27 heavy (non-hydrogen) atoms. The molecule has 2 aromatic carbocycles. The molecule has 0 bridgehead atoms. The molecular formula is C21H22N2O4. The monoisotopic (exact) mass is 366 g/mol. The Kier molecular flexibility index (Phi) is 4.49. The zero-order valence-electron chi connectivity index (χ0n) is 15.4. The van der Waals surface area contributed by atoms with Crippen molar-refractivity contribution in [3.8, 4) is 11.5 Å². The second kappa shape index (κ2) is 6.96. The van der Waals surface area contributed by atoms with E-state index in [1.807, 2.05) is 18.2 Å². The first-order valence-corrected chi connectivity index (χ1v) is 8.89. The average Bonchev–Trinajstić information content (AvgIpc) is 3.09. The lowest BCUT2D eigenvalue weighted by Gasteiger charge is -2.35. The summed E-state index contributed by atoms with van der Waals surface area (Å²) < 4.78 is 10.8. The highest BCUT2D eigenvalue weighted by molar-refractivity contribution is 6.00. The first-order valence-electron chi connectivity index (χ1n) is 8.89. The quantitative estimate of drug-likeness (QED) is 0.745. The lowest BCUT2D eigenvalue weighted by molar-refractivity contribution is 0.0535. The number of carbonyl (C=O) groups excluding carboxylic acids is 1. The van der Waals surface area contributed by atoms with Gasteiger partial charge >= 0.3 is 0 Å². The molecule has 0 aliphatic carbocycles. The normalized spacial score (nSPS) is 16.3. The van der Waals surface area contributed by atoms with Crippen molar-refractivity contribution in [2.24, 2.45) is 0 Å². The number of methoxy groups -OCH3 is 2. The number of nitrogens with one attached hydrogen (secondary N) is 1. The Bertz CT molecular complexity index is 973. The molecule has 1 atom stereocenters. The molecule has 1 aliphatic heterocycles. The highest BCUT2D eigenvalue weighted by Crippen LogP contribution is 2.34. The van der Waals surface area contributed by atoms with Crippen LogP contribution in [0.1, 0.15) is 21.6 Å². The minimum absolute atomic E-state index is 0.109. The number of H-pyrrole nitrogens is 1. The van der Waals surface area contributed by atoms with E-state index in [0.29, 0.717) is 30.0 Å². The number of aliphatic hydroxyl groups is 1. The molecular weight excluding hydrogens is 344 g/mol. The molecule has 0 saturated carbocycles. The molecule has 4 rings (SSSR count). The van der Waals surface area contributed by atoms with Gasteiger partial charge in [0.25, 0.3) is 5.91 Å². The number of fused-ring (bicyclic) bond motifs is 3. The van der Waals surface area contributed by atoms with Gasteiger partial charge in [0.15, 0.2) is 0 Å². The molecule has 1 aromatic heterocycles. The molecule has 6 heteroatoms. The lowest BCUT2D eigenvalue weighted by atomic mass is 9.96. The molecule has 1 unspecified atom stereocenters. The van der Waals surface area contributed by atoms with Crippen molar-refractivity contribution in [2.45, 2.75) is 19.0 Å². The van der Waals surface area contributed by atoms with Crippen LogP contribution in [-0.4, -0.2) is 47.8 Å². The van der Waals surface area contributed by atoms with Crippen molar-refractivity contribution in [3.05, 3.63) is 59.3 Å². The molecule has 2 N–H and O–H groups in total. The van der Waals surface area contributed by atoms with Crippen molar-refractivity contribution in [2.75, 3.05) is 20.8 Å². The Labute approximate surface area is 157 Å². The van der Waals surface area contributed by atoms with Gasteiger partial charge in [0.1, 0.15) is 17.1 Å². The zero-order chi connectivity index (χ0) is 19.0. The SMILES string of the molecule is COc1cccc(OC)c1C(=O)N1Cc2[nH]c3ccccc3c2CC1CO. The standard InChI is InChI=1S/C21H22N2O4/c1-26-18-8-5-9-19(27-2)20(18)21(25)23-11-17-15(10-13(23)12-24)14-6-3-4-7-16(14)22-17/h3-9,13,22,24H,10-12H2,1-2H3. The first kappa shape index (κ1) is 17.4. The Balaban J connectivity index is 1.77. The van der Waals surface area contributed by atoms with Gasteiger partial charge in [-0.25, -0.2) is 0 Å². The van der Waals surface area contributed by atoms with Gasteiger partial charge in [-0.15, -0.1) is 0 Å². The summed E-state index contributed by atoms with van der Waals surface area (Å²) in [5.41, 5.74) is 3.59. The van der Waals surface area contributed by atoms with Crippen LogP contribution in [0.2, 0.25) is 0 Å². The third-order valence-electron chi connectivity index (χ3n) is 5.22. The highest BCUT2D eigenvalue weighted by atomic mass is 16.5. The summed E-state index contributed by atoms with van der Waals surface area (Å²) in [5, 5.41) is 11.1. The number of para-hydroxylation sites is 1. The van der Waals surface area contributed by atoms with Gasteiger partial charge < -0.3 is 24.5 Å². The largest absolute Gasteiger partial charge is 0.496 e. The number of ether oxygens (including phenoxy) is 2. The topological polar surface area (TPSA) is 74.8 Å². The highest BCUT2D eigenvalue weighted by Gasteiger charge is 2.34. The molecule has 2 heterocycles. The first-order chi connectivity index (χ1) is 13.2. The number of hydrogen-bond acceptors (Lipinski definition) is 4. The summed E-state index contributed by atoms with van der Waals surface area (Å²) in [5.74, 6) is 0.699. The summed E-state index contributed by atoms with van der Waals surface area (Å²) in [6.07, 6.45) is 0.596. The van der Waals surface area contributed by atoms with Crippen LogP contribution in [0.15, 0.2) is 42.5 Å². The minimum Gasteiger partial charge on any atom is -0.496 e. The Morgan fingerprint density at radius 1 is 1.15 bits per heavy atom. The average molecular weight is 366 g/mol. The predicted molar refractivity (Wildman–Crippen MR) is 102 cm³/mol. The predicted octanol–water partition coefficient (Wildman–Crippen LogP) is 2.74. The van der Waals surface area contributed by atoms with Gasteiger partial charge in [-0.05, 0) is 30.2 Å². The number of hydrogen-bond donors (Lipinski definition) is 2. The number of carbonyl (C=O) groups is 1. The summed E-state index contributed by atoms with van der Waals surface area (Å²) in [4.78, 5) is 18.5. The van der Waals surface area contributed by atoms with Crippen molar-refractivity contribution in [3.63, 3.8) is 0 Å². The fourth-order valence-electron chi connectivity index (χ4n) is 3.88. The van der Waals surface area contributed by atoms with Crippen molar-refractivity contribution >= 4 is 16.8 Å². The van der Waals surface area contributed by atoms with E-state index >= 15 is 0 Å². The van der Waals surface area contributed by atoms with Crippen LogP contribution in [0.25, 0.3) is 10.9 Å². The molecule has 0 fully saturated rings. The van der Waals surface area contributed by atoms with E-state index in [1.165, 1.54) is 19.8 Å². The third-order valence-corrected chi connectivity index (χ3v) is 5.22. The molecule has 140 valence electrons. The van der Waals surface area contributed by atoms with Crippen LogP contribution < -0.4 is 9.47 Å². The van der Waals surface area contributed by atoms with Crippen LogP contribution in [0, 0.1) is 0 Å². The van der Waals surface area contributed by atoms with Crippen LogP contribution >= 0.6 is 0 Å². The maximum absolute atomic E-state index is 13.4. The molecule has 6 nitrogen and oxygen atoms in total. The van der Waals surface area contributed by atoms with Crippen LogP contribution in [0.3, 0.4) is 0 Å². The van der Waals surface area contributed by atoms with Gasteiger partial charge in [0, 0.05) is 16.6 Å². The number of aliphatic hydroxyl groups excluding tert-OH is 1. The number of aromatic nitrogens is 1. The van der Waals surface area contributed by atoms with Gasteiger partial charge in [0.05, 0.1) is 33.4 Å². The fraction of sp³-hybridized carbons (Fsp3) is 0.286. The van der Waals surface area contributed by atoms with E-state index in [9.17, 15) is 9.90 Å². The molecule has 1 aliphatic rings. The van der Waals surface area contributed by atoms with E-state index < -0.39 is 0 Å². The van der Waals surface area contributed by atoms with Gasteiger partial charge in [-0.2, -0.15) is 0 Å². The lowest BCUT2D eigenvalue weighted by Crippen LogP contribution is -2.46. The second-order valence-electron chi connectivity index (χ2n) is 6.64. The summed E-state index contributed by atoms with van der Waals surface area (Å²) >= 11 is 0. The fourth-order valence-corrected chi connectivity index (χ4v) is 3.88. The molecule has 0 spiro atoms. The Hall–Kier alpha value is -2.99. The van der Waals surface area contributed by atoms with Crippen LogP contribution in [0.5, 0.6) is 11.5 Å². The van der Waals surface area contributed by atoms with E-state index in [2.05, 4.69) is 11.1 Å². The smallest absolute Gasteiger partial charge is 0.262 e. The molecule has 0 saturated heterocycles. The van der Waals surface area contributed by atoms with Gasteiger partial charge in [-0.3, -0.25) is 4.79 Å². The molecule has 0 radical (unpaired) electrons. The summed E-state index contributed by atoms with van der Waals surface area (Å²) in [6.45, 7) is 0.289. The van der Waals surface area contributed by atoms with Crippen LogP contribution in [0.4, 0.5) is 0 Å². The maximum Gasteiger partial charge on any atom is 0.262 e. The molecule has 3 aromatic rings. The maximum atomic E-state index is 13.4.